The molecule has 0 bridgehead atoms. The van der Waals surface area contributed by atoms with Gasteiger partial charge in [-0.05, 0) is 39.2 Å². The molecule has 1 aromatic rings. The van der Waals surface area contributed by atoms with Crippen molar-refractivity contribution in [3.63, 3.8) is 0 Å². The summed E-state index contributed by atoms with van der Waals surface area (Å²) in [7, 11) is 4.13. The van der Waals surface area contributed by atoms with Crippen LogP contribution in [-0.4, -0.2) is 44.5 Å². The highest BCUT2D eigenvalue weighted by molar-refractivity contribution is 5.99. The van der Waals surface area contributed by atoms with Crippen molar-refractivity contribution in [2.45, 2.75) is 6.42 Å². The highest BCUT2D eigenvalue weighted by Crippen LogP contribution is 2.29. The summed E-state index contributed by atoms with van der Waals surface area (Å²) in [4.78, 5) is 6.65. The van der Waals surface area contributed by atoms with Gasteiger partial charge in [0.05, 0.1) is 5.69 Å². The standard InChI is InChI=1S/C13H20N4O/c1-17(2)7-3-6-15-13-9-18-12-8-10(14)4-5-11(12)16-13/h4-5,8H,3,6-7,9,14H2,1-2H3,(H,15,16). The topological polar surface area (TPSA) is 62.9 Å². The predicted molar refractivity (Wildman–Crippen MR) is 75.4 cm³/mol. The number of nitrogens with one attached hydrogen (secondary N) is 1. The van der Waals surface area contributed by atoms with E-state index >= 15 is 0 Å². The van der Waals surface area contributed by atoms with Gasteiger partial charge in [-0.25, -0.2) is 0 Å². The summed E-state index contributed by atoms with van der Waals surface area (Å²) < 4.78 is 5.61. The lowest BCUT2D eigenvalue weighted by Gasteiger charge is -2.21. The molecule has 0 fully saturated rings. The zero-order valence-corrected chi connectivity index (χ0v) is 10.9. The highest BCUT2D eigenvalue weighted by Gasteiger charge is 2.13. The quantitative estimate of drug-likeness (QED) is 0.625. The average molecular weight is 248 g/mol. The van der Waals surface area contributed by atoms with E-state index in [0.29, 0.717) is 12.3 Å². The molecular formula is C13H20N4O. The van der Waals surface area contributed by atoms with Crippen LogP contribution in [0.25, 0.3) is 0 Å². The lowest BCUT2D eigenvalue weighted by molar-refractivity contribution is 0.371. The lowest BCUT2D eigenvalue weighted by atomic mass is 10.2. The molecule has 0 saturated carbocycles. The Morgan fingerprint density at radius 3 is 3.06 bits per heavy atom. The Morgan fingerprint density at radius 2 is 2.28 bits per heavy atom. The minimum Gasteiger partial charge on any atom is -0.483 e. The number of benzene rings is 1. The fourth-order valence-corrected chi connectivity index (χ4v) is 1.79. The van der Waals surface area contributed by atoms with Crippen LogP contribution in [0.5, 0.6) is 5.75 Å². The number of nitrogens with two attached hydrogens (primary N) is 1. The molecule has 1 aromatic carbocycles. The van der Waals surface area contributed by atoms with Crippen LogP contribution in [0.3, 0.4) is 0 Å². The number of ether oxygens (including phenoxy) is 1. The molecule has 1 aliphatic rings. The second-order valence-electron chi connectivity index (χ2n) is 4.65. The van der Waals surface area contributed by atoms with Gasteiger partial charge in [0.25, 0.3) is 0 Å². The third-order valence-corrected chi connectivity index (χ3v) is 2.72. The number of nitrogen functional groups attached to an aromatic ring is 1. The van der Waals surface area contributed by atoms with Crippen molar-refractivity contribution in [1.82, 2.24) is 4.90 Å². The molecule has 5 heteroatoms. The highest BCUT2D eigenvalue weighted by atomic mass is 16.5. The molecule has 0 unspecified atom stereocenters. The molecule has 2 rings (SSSR count). The Labute approximate surface area is 108 Å². The van der Waals surface area contributed by atoms with E-state index in [1.54, 1.807) is 0 Å². The van der Waals surface area contributed by atoms with E-state index in [1.165, 1.54) is 0 Å². The van der Waals surface area contributed by atoms with Crippen molar-refractivity contribution >= 4 is 17.2 Å². The maximum atomic E-state index is 5.70. The van der Waals surface area contributed by atoms with E-state index in [1.807, 2.05) is 18.2 Å². The monoisotopic (exact) mass is 248 g/mol. The minimum atomic E-state index is 0.485. The van der Waals surface area contributed by atoms with Gasteiger partial charge in [0.2, 0.25) is 0 Å². The summed E-state index contributed by atoms with van der Waals surface area (Å²) in [5.41, 5.74) is 7.34. The van der Waals surface area contributed by atoms with Crippen molar-refractivity contribution in [3.05, 3.63) is 18.2 Å². The number of aliphatic imine (C=N–C) groups is 1. The number of hydrogen-bond acceptors (Lipinski definition) is 4. The van der Waals surface area contributed by atoms with E-state index in [9.17, 15) is 0 Å². The summed E-state index contributed by atoms with van der Waals surface area (Å²) in [5.74, 6) is 1.67. The van der Waals surface area contributed by atoms with Gasteiger partial charge in [-0.1, -0.05) is 0 Å². The number of amidine groups is 1. The molecule has 98 valence electrons. The molecule has 0 aliphatic carbocycles. The molecule has 1 heterocycles. The first kappa shape index (κ1) is 12.7. The predicted octanol–water partition coefficient (Wildman–Crippen LogP) is 1.42. The number of hydrogen-bond donors (Lipinski definition) is 2. The number of fused-ring (bicyclic) bond motifs is 1. The third kappa shape index (κ3) is 3.37. The first-order valence-electron chi connectivity index (χ1n) is 6.12. The van der Waals surface area contributed by atoms with E-state index in [2.05, 4.69) is 29.3 Å². The zero-order chi connectivity index (χ0) is 13.0. The second kappa shape index (κ2) is 5.73. The van der Waals surface area contributed by atoms with Crippen molar-refractivity contribution in [2.24, 2.45) is 4.99 Å². The fraction of sp³-hybridized carbons (Fsp3) is 0.462. The zero-order valence-electron chi connectivity index (χ0n) is 10.9. The van der Waals surface area contributed by atoms with Gasteiger partial charge >= 0.3 is 0 Å². The number of anilines is 2. The Balaban J connectivity index is 1.91. The third-order valence-electron chi connectivity index (χ3n) is 2.72. The smallest absolute Gasteiger partial charge is 0.146 e. The van der Waals surface area contributed by atoms with Gasteiger partial charge in [-0.3, -0.25) is 4.99 Å². The van der Waals surface area contributed by atoms with Gasteiger partial charge in [-0.15, -0.1) is 0 Å². The molecule has 0 spiro atoms. The van der Waals surface area contributed by atoms with Crippen LogP contribution < -0.4 is 15.8 Å². The van der Waals surface area contributed by atoms with Crippen LogP contribution in [-0.2, 0) is 0 Å². The molecule has 3 N–H and O–H groups in total. The van der Waals surface area contributed by atoms with E-state index in [4.69, 9.17) is 10.5 Å². The van der Waals surface area contributed by atoms with Gasteiger partial charge in [-0.2, -0.15) is 0 Å². The molecule has 18 heavy (non-hydrogen) atoms. The normalized spacial score (nSPS) is 16.3. The molecule has 0 atom stereocenters. The van der Waals surface area contributed by atoms with Crippen molar-refractivity contribution in [1.29, 1.82) is 0 Å². The summed E-state index contributed by atoms with van der Waals surface area (Å²) >= 11 is 0. The van der Waals surface area contributed by atoms with Gasteiger partial charge in [0, 0.05) is 18.3 Å². The van der Waals surface area contributed by atoms with E-state index in [0.717, 1.165) is 36.8 Å². The molecule has 0 amide bonds. The first-order chi connectivity index (χ1) is 8.65. The molecule has 5 nitrogen and oxygen atoms in total. The van der Waals surface area contributed by atoms with Crippen molar-refractivity contribution in [2.75, 3.05) is 44.8 Å². The molecule has 0 radical (unpaired) electrons. The Bertz CT molecular complexity index is 443. The van der Waals surface area contributed by atoms with Gasteiger partial charge in [0.1, 0.15) is 18.2 Å². The van der Waals surface area contributed by atoms with Crippen molar-refractivity contribution in [3.8, 4) is 5.75 Å². The summed E-state index contributed by atoms with van der Waals surface area (Å²) in [5, 5.41) is 3.27. The molecule has 0 aromatic heterocycles. The summed E-state index contributed by atoms with van der Waals surface area (Å²) in [6, 6.07) is 5.59. The summed E-state index contributed by atoms with van der Waals surface area (Å²) in [6.07, 6.45) is 1.05. The van der Waals surface area contributed by atoms with Crippen LogP contribution in [0.1, 0.15) is 6.42 Å². The minimum absolute atomic E-state index is 0.485. The van der Waals surface area contributed by atoms with Crippen LogP contribution >= 0.6 is 0 Å². The van der Waals surface area contributed by atoms with Crippen LogP contribution in [0.2, 0.25) is 0 Å². The first-order valence-corrected chi connectivity index (χ1v) is 6.12. The lowest BCUT2D eigenvalue weighted by Crippen LogP contribution is -2.26. The Hall–Kier alpha value is -1.75. The maximum Gasteiger partial charge on any atom is 0.146 e. The van der Waals surface area contributed by atoms with E-state index < -0.39 is 0 Å². The van der Waals surface area contributed by atoms with Gasteiger partial charge in [0.15, 0.2) is 0 Å². The average Bonchev–Trinajstić information content (AvgIpc) is 2.34. The van der Waals surface area contributed by atoms with Crippen LogP contribution in [0, 0.1) is 0 Å². The van der Waals surface area contributed by atoms with Crippen LogP contribution in [0.15, 0.2) is 23.2 Å². The Kier molecular flexibility index (Phi) is 4.04. The fourth-order valence-electron chi connectivity index (χ4n) is 1.79. The number of rotatable bonds is 4. The van der Waals surface area contributed by atoms with Gasteiger partial charge < -0.3 is 20.7 Å². The molecular weight excluding hydrogens is 228 g/mol. The second-order valence-corrected chi connectivity index (χ2v) is 4.65. The Morgan fingerprint density at radius 1 is 1.44 bits per heavy atom. The molecule has 0 saturated heterocycles. The maximum absolute atomic E-state index is 5.70. The van der Waals surface area contributed by atoms with E-state index in [-0.39, 0.29) is 0 Å². The van der Waals surface area contributed by atoms with Crippen LogP contribution in [0.4, 0.5) is 11.4 Å². The largest absolute Gasteiger partial charge is 0.483 e. The molecule has 1 aliphatic heterocycles. The summed E-state index contributed by atoms with van der Waals surface area (Å²) in [6.45, 7) is 2.34. The SMILES string of the molecule is CN(C)CCCN=C1COc2cc(N)ccc2N1. The van der Waals surface area contributed by atoms with Crippen molar-refractivity contribution < 1.29 is 4.74 Å². The number of nitrogens with zero attached hydrogens (tertiary/aromatic N) is 2.